The molecule has 0 aliphatic carbocycles. The Balaban J connectivity index is 3.71. The van der Waals surface area contributed by atoms with Crippen molar-refractivity contribution in [3.05, 3.63) is 0 Å². The summed E-state index contributed by atoms with van der Waals surface area (Å²) in [5.74, 6) is -1.42. The van der Waals surface area contributed by atoms with Crippen molar-refractivity contribution in [1.29, 1.82) is 5.41 Å². The van der Waals surface area contributed by atoms with Gasteiger partial charge in [0.15, 0.2) is 0 Å². The smallest absolute Gasteiger partial charge is 0.312 e. The molecule has 0 amide bonds. The molecule has 0 aromatic heterocycles. The number of hydrogen-bond acceptors (Lipinski definition) is 2. The van der Waals surface area contributed by atoms with Crippen LogP contribution in [0.4, 0.5) is 0 Å². The molecule has 76 valence electrons. The quantitative estimate of drug-likeness (QED) is 0.473. The lowest BCUT2D eigenvalue weighted by Gasteiger charge is -2.09. The summed E-state index contributed by atoms with van der Waals surface area (Å²) in [6.45, 7) is 3.69. The van der Waals surface area contributed by atoms with E-state index in [0.29, 0.717) is 6.42 Å². The molecule has 1 unspecified atom stereocenters. The van der Waals surface area contributed by atoms with Gasteiger partial charge >= 0.3 is 5.97 Å². The summed E-state index contributed by atoms with van der Waals surface area (Å²) >= 11 is 0. The van der Waals surface area contributed by atoms with Gasteiger partial charge in [-0.05, 0) is 13.3 Å². The maximum atomic E-state index is 10.7. The zero-order valence-electron chi connectivity index (χ0n) is 8.47. The van der Waals surface area contributed by atoms with Crippen LogP contribution in [0.5, 0.6) is 0 Å². The van der Waals surface area contributed by atoms with Gasteiger partial charge in [0.25, 0.3) is 0 Å². The van der Waals surface area contributed by atoms with Crippen molar-refractivity contribution in [2.75, 3.05) is 0 Å². The highest BCUT2D eigenvalue weighted by Gasteiger charge is 2.18. The fraction of sp³-hybridized carbons (Fsp3) is 0.800. The van der Waals surface area contributed by atoms with Crippen LogP contribution >= 0.6 is 0 Å². The van der Waals surface area contributed by atoms with Crippen molar-refractivity contribution in [3.8, 4) is 0 Å². The van der Waals surface area contributed by atoms with Gasteiger partial charge in [0, 0.05) is 5.71 Å². The van der Waals surface area contributed by atoms with Crippen molar-refractivity contribution in [2.45, 2.75) is 46.0 Å². The maximum Gasteiger partial charge on any atom is 0.312 e. The molecule has 0 spiro atoms. The second kappa shape index (κ2) is 6.63. The number of hydrogen-bond donors (Lipinski definition) is 2. The lowest BCUT2D eigenvalue weighted by atomic mass is 9.97. The average Bonchev–Trinajstić information content (AvgIpc) is 2.02. The molecule has 0 radical (unpaired) electrons. The third kappa shape index (κ3) is 5.39. The Bertz CT molecular complexity index is 164. The van der Waals surface area contributed by atoms with Crippen molar-refractivity contribution in [1.82, 2.24) is 0 Å². The number of aliphatic carboxylic acids is 1. The standard InChI is InChI=1S/C10H19NO2/c1-3-4-5-6-7-9(8(2)11)10(12)13/h9,11H,3-7H2,1-2H3,(H,12,13). The zero-order chi connectivity index (χ0) is 10.3. The van der Waals surface area contributed by atoms with Crippen LogP contribution < -0.4 is 0 Å². The lowest BCUT2D eigenvalue weighted by molar-refractivity contribution is -0.139. The summed E-state index contributed by atoms with van der Waals surface area (Å²) < 4.78 is 0. The van der Waals surface area contributed by atoms with Crippen LogP contribution in [-0.2, 0) is 4.79 Å². The van der Waals surface area contributed by atoms with Crippen molar-refractivity contribution in [3.63, 3.8) is 0 Å². The van der Waals surface area contributed by atoms with E-state index in [-0.39, 0.29) is 5.71 Å². The topological polar surface area (TPSA) is 61.2 Å². The Morgan fingerprint density at radius 3 is 2.38 bits per heavy atom. The Kier molecular flexibility index (Phi) is 6.20. The van der Waals surface area contributed by atoms with E-state index in [1.165, 1.54) is 0 Å². The second-order valence-corrected chi connectivity index (χ2v) is 3.42. The van der Waals surface area contributed by atoms with Gasteiger partial charge < -0.3 is 10.5 Å². The summed E-state index contributed by atoms with van der Waals surface area (Å²) in [5, 5.41) is 16.0. The molecule has 1 atom stereocenters. The van der Waals surface area contributed by atoms with E-state index >= 15 is 0 Å². The summed E-state index contributed by atoms with van der Waals surface area (Å²) in [5.41, 5.74) is 0.268. The van der Waals surface area contributed by atoms with Gasteiger partial charge in [-0.25, -0.2) is 0 Å². The van der Waals surface area contributed by atoms with Crippen LogP contribution in [0.2, 0.25) is 0 Å². The van der Waals surface area contributed by atoms with Gasteiger partial charge in [0.2, 0.25) is 0 Å². The van der Waals surface area contributed by atoms with Crippen LogP contribution in [0.25, 0.3) is 0 Å². The normalized spacial score (nSPS) is 12.5. The first-order chi connectivity index (χ1) is 6.09. The SMILES string of the molecule is CCCCCCC(C(C)=N)C(=O)O. The maximum absolute atomic E-state index is 10.7. The van der Waals surface area contributed by atoms with E-state index in [9.17, 15) is 4.79 Å². The van der Waals surface area contributed by atoms with Gasteiger partial charge in [-0.2, -0.15) is 0 Å². The zero-order valence-corrected chi connectivity index (χ0v) is 8.47. The summed E-state index contributed by atoms with van der Waals surface area (Å²) in [4.78, 5) is 10.7. The van der Waals surface area contributed by atoms with E-state index in [0.717, 1.165) is 25.7 Å². The summed E-state index contributed by atoms with van der Waals surface area (Å²) in [6.07, 6.45) is 4.92. The molecule has 0 aromatic carbocycles. The predicted molar refractivity (Wildman–Crippen MR) is 53.3 cm³/mol. The fourth-order valence-corrected chi connectivity index (χ4v) is 1.30. The molecule has 0 saturated carbocycles. The summed E-state index contributed by atoms with van der Waals surface area (Å²) in [6, 6.07) is 0. The molecular formula is C10H19NO2. The van der Waals surface area contributed by atoms with Crippen LogP contribution in [0.15, 0.2) is 0 Å². The molecule has 3 nitrogen and oxygen atoms in total. The van der Waals surface area contributed by atoms with E-state index in [1.54, 1.807) is 6.92 Å². The molecule has 0 fully saturated rings. The third-order valence-electron chi connectivity index (χ3n) is 2.17. The number of carboxylic acid groups (broad SMARTS) is 1. The first-order valence-electron chi connectivity index (χ1n) is 4.87. The number of rotatable bonds is 7. The molecule has 0 aromatic rings. The van der Waals surface area contributed by atoms with E-state index in [4.69, 9.17) is 10.5 Å². The number of carbonyl (C=O) groups is 1. The molecule has 13 heavy (non-hydrogen) atoms. The van der Waals surface area contributed by atoms with Gasteiger partial charge in [-0.1, -0.05) is 32.6 Å². The van der Waals surface area contributed by atoms with Gasteiger partial charge in [0.1, 0.15) is 0 Å². The highest BCUT2D eigenvalue weighted by Crippen LogP contribution is 2.12. The Morgan fingerprint density at radius 1 is 1.38 bits per heavy atom. The minimum absolute atomic E-state index is 0.268. The molecule has 2 N–H and O–H groups in total. The predicted octanol–water partition coefficient (Wildman–Crippen LogP) is 2.70. The van der Waals surface area contributed by atoms with Crippen molar-refractivity contribution < 1.29 is 9.90 Å². The largest absolute Gasteiger partial charge is 0.481 e. The van der Waals surface area contributed by atoms with Crippen LogP contribution in [0, 0.1) is 11.3 Å². The molecule has 0 aliphatic heterocycles. The number of nitrogens with one attached hydrogen (secondary N) is 1. The number of carboxylic acids is 1. The average molecular weight is 185 g/mol. The minimum Gasteiger partial charge on any atom is -0.481 e. The summed E-state index contributed by atoms with van der Waals surface area (Å²) in [7, 11) is 0. The van der Waals surface area contributed by atoms with Crippen molar-refractivity contribution in [2.24, 2.45) is 5.92 Å². The fourth-order valence-electron chi connectivity index (χ4n) is 1.30. The minimum atomic E-state index is -0.857. The van der Waals surface area contributed by atoms with Crippen LogP contribution in [0.1, 0.15) is 46.0 Å². The molecule has 0 bridgehead atoms. The van der Waals surface area contributed by atoms with Gasteiger partial charge in [-0.3, -0.25) is 4.79 Å². The van der Waals surface area contributed by atoms with Crippen LogP contribution in [0.3, 0.4) is 0 Å². The highest BCUT2D eigenvalue weighted by atomic mass is 16.4. The number of unbranched alkanes of at least 4 members (excludes halogenated alkanes) is 3. The highest BCUT2D eigenvalue weighted by molar-refractivity contribution is 5.98. The van der Waals surface area contributed by atoms with Crippen LogP contribution in [-0.4, -0.2) is 16.8 Å². The monoisotopic (exact) mass is 185 g/mol. The Hall–Kier alpha value is -0.860. The molecule has 3 heteroatoms. The molecular weight excluding hydrogens is 166 g/mol. The third-order valence-corrected chi connectivity index (χ3v) is 2.17. The van der Waals surface area contributed by atoms with E-state index in [1.807, 2.05) is 0 Å². The molecule has 0 aliphatic rings. The van der Waals surface area contributed by atoms with Gasteiger partial charge in [-0.15, -0.1) is 0 Å². The molecule has 0 heterocycles. The van der Waals surface area contributed by atoms with Crippen molar-refractivity contribution >= 4 is 11.7 Å². The Labute approximate surface area is 79.7 Å². The second-order valence-electron chi connectivity index (χ2n) is 3.42. The first kappa shape index (κ1) is 12.1. The molecule has 0 rings (SSSR count). The first-order valence-corrected chi connectivity index (χ1v) is 4.87. The van der Waals surface area contributed by atoms with Gasteiger partial charge in [0.05, 0.1) is 5.92 Å². The van der Waals surface area contributed by atoms with E-state index in [2.05, 4.69) is 6.92 Å². The lowest BCUT2D eigenvalue weighted by Crippen LogP contribution is -2.20. The Morgan fingerprint density at radius 2 is 2.00 bits per heavy atom. The van der Waals surface area contributed by atoms with E-state index < -0.39 is 11.9 Å². The molecule has 0 saturated heterocycles.